The number of halogens is 1. The van der Waals surface area contributed by atoms with Gasteiger partial charge >= 0.3 is 0 Å². The zero-order valence-electron chi connectivity index (χ0n) is 12.6. The van der Waals surface area contributed by atoms with Crippen LogP contribution >= 0.6 is 12.4 Å². The molecule has 0 bridgehead atoms. The second-order valence-electron chi connectivity index (χ2n) is 5.35. The van der Waals surface area contributed by atoms with Crippen molar-refractivity contribution in [1.29, 1.82) is 0 Å². The largest absolute Gasteiger partial charge is 0.336 e. The highest BCUT2D eigenvalue weighted by Crippen LogP contribution is 2.17. The van der Waals surface area contributed by atoms with E-state index in [1.54, 1.807) is 7.05 Å². The third-order valence-electron chi connectivity index (χ3n) is 3.77. The first kappa shape index (κ1) is 17.5. The van der Waals surface area contributed by atoms with E-state index in [-0.39, 0.29) is 36.7 Å². The van der Waals surface area contributed by atoms with Crippen molar-refractivity contribution in [3.8, 4) is 0 Å². The van der Waals surface area contributed by atoms with Crippen LogP contribution in [0.5, 0.6) is 0 Å². The SMILES string of the molecule is Cc1cccc(NC(=O)CN(C)C(=O)C2CNC2)c1C.Cl. The normalized spacial score (nSPS) is 13.9. The van der Waals surface area contributed by atoms with Gasteiger partial charge in [-0.1, -0.05) is 12.1 Å². The fraction of sp³-hybridized carbons (Fsp3) is 0.467. The van der Waals surface area contributed by atoms with Crippen LogP contribution in [0.3, 0.4) is 0 Å². The van der Waals surface area contributed by atoms with E-state index >= 15 is 0 Å². The highest BCUT2D eigenvalue weighted by molar-refractivity contribution is 5.95. The Hall–Kier alpha value is -1.59. The van der Waals surface area contributed by atoms with Gasteiger partial charge in [-0.2, -0.15) is 0 Å². The number of likely N-dealkylation sites (N-methyl/N-ethyl adjacent to an activating group) is 1. The number of hydrogen-bond donors (Lipinski definition) is 2. The predicted octanol–water partition coefficient (Wildman–Crippen LogP) is 1.34. The van der Waals surface area contributed by atoms with E-state index in [1.807, 2.05) is 32.0 Å². The number of amides is 2. The lowest BCUT2D eigenvalue weighted by Gasteiger charge is -2.30. The number of nitrogens with one attached hydrogen (secondary N) is 2. The molecular weight excluding hydrogens is 290 g/mol. The molecule has 21 heavy (non-hydrogen) atoms. The van der Waals surface area contributed by atoms with Crippen molar-refractivity contribution >= 4 is 29.9 Å². The lowest BCUT2D eigenvalue weighted by atomic mass is 10.0. The fourth-order valence-corrected chi connectivity index (χ4v) is 2.14. The van der Waals surface area contributed by atoms with Gasteiger partial charge in [0, 0.05) is 25.8 Å². The van der Waals surface area contributed by atoms with Crippen LogP contribution < -0.4 is 10.6 Å². The lowest BCUT2D eigenvalue weighted by Crippen LogP contribution is -2.52. The molecule has 0 radical (unpaired) electrons. The van der Waals surface area contributed by atoms with E-state index in [1.165, 1.54) is 4.90 Å². The maximum atomic E-state index is 12.0. The molecule has 1 saturated heterocycles. The quantitative estimate of drug-likeness (QED) is 0.882. The smallest absolute Gasteiger partial charge is 0.243 e. The van der Waals surface area contributed by atoms with Gasteiger partial charge in [-0.15, -0.1) is 12.4 Å². The van der Waals surface area contributed by atoms with Crippen LogP contribution in [0.2, 0.25) is 0 Å². The Morgan fingerprint density at radius 1 is 1.33 bits per heavy atom. The van der Waals surface area contributed by atoms with E-state index in [0.717, 1.165) is 16.8 Å². The Morgan fingerprint density at radius 2 is 2.00 bits per heavy atom. The van der Waals surface area contributed by atoms with E-state index in [0.29, 0.717) is 13.1 Å². The van der Waals surface area contributed by atoms with E-state index in [2.05, 4.69) is 10.6 Å². The van der Waals surface area contributed by atoms with Crippen molar-refractivity contribution in [2.75, 3.05) is 32.0 Å². The summed E-state index contributed by atoms with van der Waals surface area (Å²) in [5.74, 6) is -0.116. The van der Waals surface area contributed by atoms with Crippen molar-refractivity contribution in [3.05, 3.63) is 29.3 Å². The number of carbonyl (C=O) groups excluding carboxylic acids is 2. The molecule has 1 heterocycles. The van der Waals surface area contributed by atoms with Crippen LogP contribution in [-0.4, -0.2) is 43.4 Å². The first-order valence-corrected chi connectivity index (χ1v) is 6.81. The molecule has 0 aliphatic carbocycles. The molecule has 1 aliphatic heterocycles. The van der Waals surface area contributed by atoms with Crippen molar-refractivity contribution in [2.24, 2.45) is 5.92 Å². The average molecular weight is 312 g/mol. The van der Waals surface area contributed by atoms with Crippen LogP contribution in [-0.2, 0) is 9.59 Å². The summed E-state index contributed by atoms with van der Waals surface area (Å²) in [6.07, 6.45) is 0. The maximum absolute atomic E-state index is 12.0. The summed E-state index contributed by atoms with van der Waals surface area (Å²) in [4.78, 5) is 25.4. The molecule has 6 heteroatoms. The molecule has 2 amide bonds. The Balaban J connectivity index is 0.00000220. The van der Waals surface area contributed by atoms with Gasteiger partial charge in [-0.3, -0.25) is 9.59 Å². The monoisotopic (exact) mass is 311 g/mol. The zero-order chi connectivity index (χ0) is 14.7. The molecule has 116 valence electrons. The molecule has 2 rings (SSSR count). The summed E-state index contributed by atoms with van der Waals surface area (Å²) >= 11 is 0. The minimum Gasteiger partial charge on any atom is -0.336 e. The summed E-state index contributed by atoms with van der Waals surface area (Å²) in [6.45, 7) is 5.48. The molecule has 1 aromatic rings. The van der Waals surface area contributed by atoms with Crippen LogP contribution in [0.15, 0.2) is 18.2 Å². The van der Waals surface area contributed by atoms with E-state index in [4.69, 9.17) is 0 Å². The number of rotatable bonds is 4. The van der Waals surface area contributed by atoms with Crippen LogP contribution in [0.4, 0.5) is 5.69 Å². The minimum absolute atomic E-state index is 0. The average Bonchev–Trinajstić information content (AvgIpc) is 2.32. The maximum Gasteiger partial charge on any atom is 0.243 e. The van der Waals surface area contributed by atoms with Gasteiger partial charge in [0.1, 0.15) is 0 Å². The molecule has 0 aromatic heterocycles. The highest BCUT2D eigenvalue weighted by Gasteiger charge is 2.28. The molecule has 0 unspecified atom stereocenters. The van der Waals surface area contributed by atoms with Gasteiger partial charge in [-0.25, -0.2) is 0 Å². The van der Waals surface area contributed by atoms with Crippen molar-refractivity contribution < 1.29 is 9.59 Å². The van der Waals surface area contributed by atoms with Gasteiger partial charge in [-0.05, 0) is 31.0 Å². The van der Waals surface area contributed by atoms with Crippen molar-refractivity contribution in [3.63, 3.8) is 0 Å². The molecule has 1 aliphatic rings. The molecule has 0 saturated carbocycles. The second kappa shape index (κ2) is 7.43. The Kier molecular flexibility index (Phi) is 6.18. The van der Waals surface area contributed by atoms with Crippen LogP contribution in [0, 0.1) is 19.8 Å². The number of benzene rings is 1. The standard InChI is InChI=1S/C15H21N3O2.ClH/c1-10-5-4-6-13(11(10)2)17-14(19)9-18(3)15(20)12-7-16-8-12;/h4-6,12,16H,7-9H2,1-3H3,(H,17,19);1H. The first-order valence-electron chi connectivity index (χ1n) is 6.81. The highest BCUT2D eigenvalue weighted by atomic mass is 35.5. The third kappa shape index (κ3) is 4.19. The summed E-state index contributed by atoms with van der Waals surface area (Å²) in [7, 11) is 1.67. The number of aryl methyl sites for hydroxylation is 1. The molecule has 1 fully saturated rings. The Bertz CT molecular complexity index is 530. The topological polar surface area (TPSA) is 61.4 Å². The predicted molar refractivity (Wildman–Crippen MR) is 85.8 cm³/mol. The van der Waals surface area contributed by atoms with Gasteiger partial charge < -0.3 is 15.5 Å². The van der Waals surface area contributed by atoms with Gasteiger partial charge in [0.05, 0.1) is 12.5 Å². The molecule has 5 nitrogen and oxygen atoms in total. The van der Waals surface area contributed by atoms with E-state index < -0.39 is 0 Å². The molecule has 2 N–H and O–H groups in total. The van der Waals surface area contributed by atoms with Gasteiger partial charge in [0.2, 0.25) is 11.8 Å². The van der Waals surface area contributed by atoms with Gasteiger partial charge in [0.25, 0.3) is 0 Å². The number of carbonyl (C=O) groups is 2. The van der Waals surface area contributed by atoms with Crippen LogP contribution in [0.25, 0.3) is 0 Å². The molecule has 0 atom stereocenters. The number of hydrogen-bond acceptors (Lipinski definition) is 3. The molecule has 0 spiro atoms. The van der Waals surface area contributed by atoms with Crippen LogP contribution in [0.1, 0.15) is 11.1 Å². The minimum atomic E-state index is -0.165. The third-order valence-corrected chi connectivity index (χ3v) is 3.77. The molecular formula is C15H22ClN3O2. The van der Waals surface area contributed by atoms with Crippen molar-refractivity contribution in [2.45, 2.75) is 13.8 Å². The second-order valence-corrected chi connectivity index (χ2v) is 5.35. The van der Waals surface area contributed by atoms with Crippen molar-refractivity contribution in [1.82, 2.24) is 10.2 Å². The van der Waals surface area contributed by atoms with E-state index in [9.17, 15) is 9.59 Å². The molecule has 1 aromatic carbocycles. The Labute approximate surface area is 131 Å². The number of anilines is 1. The van der Waals surface area contributed by atoms with Gasteiger partial charge in [0.15, 0.2) is 0 Å². The zero-order valence-corrected chi connectivity index (χ0v) is 13.4. The summed E-state index contributed by atoms with van der Waals surface area (Å²) in [5, 5.41) is 5.92. The number of nitrogens with zero attached hydrogens (tertiary/aromatic N) is 1. The lowest BCUT2D eigenvalue weighted by molar-refractivity contribution is -0.138. The summed E-state index contributed by atoms with van der Waals surface area (Å²) < 4.78 is 0. The summed E-state index contributed by atoms with van der Waals surface area (Å²) in [6, 6.07) is 5.79. The summed E-state index contributed by atoms with van der Waals surface area (Å²) in [5.41, 5.74) is 2.99. The Morgan fingerprint density at radius 3 is 2.57 bits per heavy atom. The fourth-order valence-electron chi connectivity index (χ4n) is 2.14. The first-order chi connectivity index (χ1) is 9.49.